The van der Waals surface area contributed by atoms with E-state index in [1.54, 1.807) is 0 Å². The quantitative estimate of drug-likeness (QED) is 0.162. The Morgan fingerprint density at radius 3 is 1.45 bits per heavy atom. The average Bonchev–Trinajstić information content (AvgIpc) is 3.60. The van der Waals surface area contributed by atoms with Crippen molar-refractivity contribution in [1.82, 2.24) is 0 Å². The maximum absolute atomic E-state index is 2.43. The summed E-state index contributed by atoms with van der Waals surface area (Å²) in [6, 6.07) is 71.8. The largest absolute Gasteiger partial charge is 0.135 e. The highest BCUT2D eigenvalue weighted by molar-refractivity contribution is 7.26. The van der Waals surface area contributed by atoms with E-state index in [2.05, 4.69) is 194 Å². The van der Waals surface area contributed by atoms with Crippen molar-refractivity contribution >= 4 is 74.6 Å². The zero-order valence-electron chi connectivity index (χ0n) is 28.9. The van der Waals surface area contributed by atoms with Gasteiger partial charge in [-0.05, 0) is 112 Å². The second kappa shape index (κ2) is 12.0. The van der Waals surface area contributed by atoms with Crippen LogP contribution in [-0.4, -0.2) is 0 Å². The van der Waals surface area contributed by atoms with Crippen LogP contribution in [-0.2, 0) is 0 Å². The molecule has 246 valence electrons. The van der Waals surface area contributed by atoms with Gasteiger partial charge < -0.3 is 0 Å². The van der Waals surface area contributed by atoms with Crippen LogP contribution in [0.2, 0.25) is 0 Å². The summed E-state index contributed by atoms with van der Waals surface area (Å²) >= 11 is 1.90. The van der Waals surface area contributed by atoms with E-state index in [1.165, 1.54) is 108 Å². The summed E-state index contributed by atoms with van der Waals surface area (Å²) in [5, 5.41) is 12.8. The Labute approximate surface area is 311 Å². The molecule has 0 saturated heterocycles. The molecule has 0 saturated carbocycles. The van der Waals surface area contributed by atoms with Crippen LogP contribution in [0.5, 0.6) is 0 Å². The molecule has 0 aliphatic heterocycles. The van der Waals surface area contributed by atoms with Gasteiger partial charge in [0.2, 0.25) is 0 Å². The van der Waals surface area contributed by atoms with Gasteiger partial charge in [0.25, 0.3) is 0 Å². The third-order valence-electron chi connectivity index (χ3n) is 11.0. The lowest BCUT2D eigenvalue weighted by Crippen LogP contribution is -1.87. The van der Waals surface area contributed by atoms with E-state index < -0.39 is 0 Å². The van der Waals surface area contributed by atoms with Crippen LogP contribution in [0, 0.1) is 0 Å². The Bertz CT molecular complexity index is 3210. The lowest BCUT2D eigenvalue weighted by molar-refractivity contribution is 1.63. The van der Waals surface area contributed by atoms with Crippen LogP contribution < -0.4 is 0 Å². The third-order valence-corrected chi connectivity index (χ3v) is 12.3. The fourth-order valence-corrected chi connectivity index (χ4v) is 9.69. The maximum atomic E-state index is 2.43. The van der Waals surface area contributed by atoms with Crippen molar-refractivity contribution in [3.63, 3.8) is 0 Å². The van der Waals surface area contributed by atoms with Crippen molar-refractivity contribution in [1.29, 1.82) is 0 Å². The van der Waals surface area contributed by atoms with Crippen LogP contribution >= 0.6 is 11.3 Å². The van der Waals surface area contributed by atoms with Crippen molar-refractivity contribution in [3.05, 3.63) is 194 Å². The number of fused-ring (bicyclic) bond motifs is 8. The number of thiophene rings is 1. The molecule has 0 N–H and O–H groups in total. The van der Waals surface area contributed by atoms with Gasteiger partial charge in [0.05, 0.1) is 0 Å². The van der Waals surface area contributed by atoms with E-state index in [4.69, 9.17) is 0 Å². The third kappa shape index (κ3) is 4.89. The van der Waals surface area contributed by atoms with Crippen molar-refractivity contribution in [2.75, 3.05) is 0 Å². The van der Waals surface area contributed by atoms with Gasteiger partial charge in [-0.3, -0.25) is 0 Å². The van der Waals surface area contributed by atoms with E-state index >= 15 is 0 Å². The molecule has 0 atom stereocenters. The zero-order valence-corrected chi connectivity index (χ0v) is 29.7. The van der Waals surface area contributed by atoms with Gasteiger partial charge in [0.1, 0.15) is 0 Å². The van der Waals surface area contributed by atoms with E-state index in [0.717, 1.165) is 0 Å². The molecule has 0 bridgehead atoms. The number of rotatable bonds is 4. The van der Waals surface area contributed by atoms with Crippen LogP contribution in [0.3, 0.4) is 0 Å². The van der Waals surface area contributed by atoms with Gasteiger partial charge in [-0.25, -0.2) is 0 Å². The molecule has 0 fully saturated rings. The van der Waals surface area contributed by atoms with E-state index in [9.17, 15) is 0 Å². The minimum atomic E-state index is 1.23. The van der Waals surface area contributed by atoms with Crippen LogP contribution in [0.25, 0.3) is 108 Å². The van der Waals surface area contributed by atoms with Gasteiger partial charge in [-0.1, -0.05) is 164 Å². The van der Waals surface area contributed by atoms with Gasteiger partial charge in [-0.15, -0.1) is 11.3 Å². The smallest absolute Gasteiger partial charge is 0.0434 e. The maximum Gasteiger partial charge on any atom is 0.0434 e. The lowest BCUT2D eigenvalue weighted by Gasteiger charge is -2.13. The van der Waals surface area contributed by atoms with E-state index in [0.29, 0.717) is 0 Å². The summed E-state index contributed by atoms with van der Waals surface area (Å²) in [6.07, 6.45) is 0. The van der Waals surface area contributed by atoms with Crippen LogP contribution in [0.1, 0.15) is 0 Å². The second-order valence-electron chi connectivity index (χ2n) is 14.0. The van der Waals surface area contributed by atoms with Gasteiger partial charge in [0, 0.05) is 25.7 Å². The highest BCUT2D eigenvalue weighted by Crippen LogP contribution is 2.46. The zero-order chi connectivity index (χ0) is 34.9. The topological polar surface area (TPSA) is 0 Å². The minimum Gasteiger partial charge on any atom is -0.135 e. The van der Waals surface area contributed by atoms with E-state index in [1.807, 2.05) is 11.3 Å². The summed E-state index contributed by atoms with van der Waals surface area (Å²) in [5.41, 5.74) is 10.0. The Morgan fingerprint density at radius 1 is 0.245 bits per heavy atom. The first-order valence-corrected chi connectivity index (χ1v) is 19.1. The molecule has 1 aromatic heterocycles. The van der Waals surface area contributed by atoms with Crippen molar-refractivity contribution in [2.24, 2.45) is 0 Å². The van der Waals surface area contributed by atoms with Crippen molar-refractivity contribution in [3.8, 4) is 44.5 Å². The first-order chi connectivity index (χ1) is 26.3. The molecular formula is C52H32S. The van der Waals surface area contributed by atoms with Gasteiger partial charge in [-0.2, -0.15) is 0 Å². The molecule has 1 heteroatoms. The number of hydrogen-bond acceptors (Lipinski definition) is 1. The standard InChI is InChI=1S/C52H32S/c1-4-16-40-33(11-1)14-9-21-42(40)38-27-28-51-49(30-38)50-32-39(44-22-10-15-34-12-2-5-17-41(34)44)31-48(52(50)53-51)36-25-23-35(24-26-36)47-29-37-13-3-6-18-43(37)45-19-7-8-20-46(45)47/h1-32H. The minimum absolute atomic E-state index is 1.23. The lowest BCUT2D eigenvalue weighted by atomic mass is 9.91. The predicted molar refractivity (Wildman–Crippen MR) is 231 cm³/mol. The summed E-state index contributed by atoms with van der Waals surface area (Å²) in [5.74, 6) is 0. The molecule has 11 rings (SSSR count). The van der Waals surface area contributed by atoms with Crippen LogP contribution in [0.15, 0.2) is 194 Å². The predicted octanol–water partition coefficient (Wildman–Crippen LogP) is 15.3. The first-order valence-electron chi connectivity index (χ1n) is 18.2. The monoisotopic (exact) mass is 688 g/mol. The number of benzene rings is 10. The van der Waals surface area contributed by atoms with Gasteiger partial charge >= 0.3 is 0 Å². The summed E-state index contributed by atoms with van der Waals surface area (Å²) < 4.78 is 2.63. The molecule has 0 aliphatic rings. The SMILES string of the molecule is c1ccc2c(-c3ccc4sc5c(-c6ccc(-c7cc8ccccc8c8ccccc78)cc6)cc(-c6cccc7ccccc67)cc5c4c3)cccc2c1. The average molecular weight is 689 g/mol. The molecule has 0 unspecified atom stereocenters. The normalized spacial score (nSPS) is 11.8. The molecule has 0 amide bonds. The second-order valence-corrected chi connectivity index (χ2v) is 15.1. The van der Waals surface area contributed by atoms with Crippen LogP contribution in [0.4, 0.5) is 0 Å². The highest BCUT2D eigenvalue weighted by atomic mass is 32.1. The molecule has 53 heavy (non-hydrogen) atoms. The summed E-state index contributed by atoms with van der Waals surface area (Å²) in [4.78, 5) is 0. The molecule has 1 heterocycles. The molecule has 0 nitrogen and oxygen atoms in total. The first kappa shape index (κ1) is 30.1. The Kier molecular flexibility index (Phi) is 6.83. The van der Waals surface area contributed by atoms with E-state index in [-0.39, 0.29) is 0 Å². The molecule has 0 spiro atoms. The van der Waals surface area contributed by atoms with Crippen molar-refractivity contribution in [2.45, 2.75) is 0 Å². The molecular weight excluding hydrogens is 657 g/mol. The highest BCUT2D eigenvalue weighted by Gasteiger charge is 2.17. The number of hydrogen-bond donors (Lipinski definition) is 0. The summed E-state index contributed by atoms with van der Waals surface area (Å²) in [6.45, 7) is 0. The molecule has 11 aromatic rings. The molecule has 0 radical (unpaired) electrons. The Hall–Kier alpha value is -6.54. The Morgan fingerprint density at radius 2 is 0.755 bits per heavy atom. The van der Waals surface area contributed by atoms with Crippen molar-refractivity contribution < 1.29 is 0 Å². The summed E-state index contributed by atoms with van der Waals surface area (Å²) in [7, 11) is 0. The Balaban J connectivity index is 1.13. The molecule has 10 aromatic carbocycles. The fourth-order valence-electron chi connectivity index (χ4n) is 8.49. The fraction of sp³-hybridized carbons (Fsp3) is 0. The molecule has 0 aliphatic carbocycles. The van der Waals surface area contributed by atoms with Gasteiger partial charge in [0.15, 0.2) is 0 Å².